The smallest absolute Gasteiger partial charge is 0.341 e. The van der Waals surface area contributed by atoms with Crippen LogP contribution in [0.15, 0.2) is 23.0 Å². The number of aromatic carboxylic acids is 1. The second-order valence-electron chi connectivity index (χ2n) is 5.58. The van der Waals surface area contributed by atoms with E-state index in [2.05, 4.69) is 10.7 Å². The Labute approximate surface area is 141 Å². The van der Waals surface area contributed by atoms with Crippen molar-refractivity contribution in [3.8, 4) is 0 Å². The summed E-state index contributed by atoms with van der Waals surface area (Å²) in [5.41, 5.74) is 2.07. The summed E-state index contributed by atoms with van der Waals surface area (Å²) in [5, 5.41) is 23.5. The number of pyridine rings is 1. The second-order valence-corrected chi connectivity index (χ2v) is 5.58. The lowest BCUT2D eigenvalue weighted by Crippen LogP contribution is -2.46. The average Bonchev–Trinajstić information content (AvgIpc) is 2.59. The van der Waals surface area contributed by atoms with Crippen molar-refractivity contribution in [1.29, 1.82) is 0 Å². The Balaban J connectivity index is 2.24. The third kappa shape index (κ3) is 3.04. The van der Waals surface area contributed by atoms with Gasteiger partial charge in [0.05, 0.1) is 28.1 Å². The van der Waals surface area contributed by atoms with Crippen molar-refractivity contribution in [3.05, 3.63) is 49.8 Å². The molecule has 1 atom stereocenters. The maximum Gasteiger partial charge on any atom is 0.341 e. The topological polar surface area (TPSA) is 136 Å². The fraction of sp³-hybridized carbons (Fsp3) is 0.333. The number of carboxylic acid groups (broad SMARTS) is 1. The monoisotopic (exact) mass is 348 g/mol. The zero-order chi connectivity index (χ0) is 18.1. The molecule has 0 bridgehead atoms. The van der Waals surface area contributed by atoms with Gasteiger partial charge in [-0.25, -0.2) is 4.79 Å². The van der Waals surface area contributed by atoms with Gasteiger partial charge in [0.1, 0.15) is 5.56 Å². The fourth-order valence-corrected chi connectivity index (χ4v) is 2.82. The SMILES string of the molecule is Cc1c(C(=O)O)c(=O)c2cc([N+](=O)[O-])ccc2n1NC1CNCCO1. The summed E-state index contributed by atoms with van der Waals surface area (Å²) < 4.78 is 6.98. The predicted molar refractivity (Wildman–Crippen MR) is 88.5 cm³/mol. The molecule has 10 heteroatoms. The van der Waals surface area contributed by atoms with Gasteiger partial charge < -0.3 is 15.2 Å². The van der Waals surface area contributed by atoms with E-state index in [0.29, 0.717) is 25.2 Å². The lowest BCUT2D eigenvalue weighted by Gasteiger charge is -2.28. The van der Waals surface area contributed by atoms with E-state index in [9.17, 15) is 24.8 Å². The molecule has 132 valence electrons. The molecule has 3 N–H and O–H groups in total. The Morgan fingerprint density at radius 3 is 2.88 bits per heavy atom. The molecule has 1 unspecified atom stereocenters. The molecule has 0 amide bonds. The number of morpholine rings is 1. The van der Waals surface area contributed by atoms with Crippen LogP contribution in [-0.2, 0) is 4.74 Å². The van der Waals surface area contributed by atoms with Crippen molar-refractivity contribution in [2.24, 2.45) is 0 Å². The quantitative estimate of drug-likeness (QED) is 0.534. The van der Waals surface area contributed by atoms with Gasteiger partial charge in [-0.1, -0.05) is 0 Å². The molecule has 0 aliphatic carbocycles. The zero-order valence-corrected chi connectivity index (χ0v) is 13.3. The highest BCUT2D eigenvalue weighted by Crippen LogP contribution is 2.21. The van der Waals surface area contributed by atoms with Gasteiger partial charge >= 0.3 is 5.97 Å². The molecule has 2 aromatic rings. The maximum atomic E-state index is 12.5. The van der Waals surface area contributed by atoms with Gasteiger partial charge in [-0.3, -0.25) is 25.0 Å². The number of non-ortho nitro benzene ring substituents is 1. The Morgan fingerprint density at radius 2 is 2.28 bits per heavy atom. The molecule has 1 aromatic carbocycles. The van der Waals surface area contributed by atoms with E-state index in [0.717, 1.165) is 6.07 Å². The lowest BCUT2D eigenvalue weighted by atomic mass is 10.1. The van der Waals surface area contributed by atoms with Crippen LogP contribution in [0.25, 0.3) is 10.9 Å². The number of nitro groups is 1. The Kier molecular flexibility index (Phi) is 4.38. The summed E-state index contributed by atoms with van der Waals surface area (Å²) in [6.45, 7) is 3.16. The molecule has 3 rings (SSSR count). The van der Waals surface area contributed by atoms with Crippen LogP contribution in [0.1, 0.15) is 16.1 Å². The molecule has 0 radical (unpaired) electrons. The van der Waals surface area contributed by atoms with E-state index in [1.165, 1.54) is 23.7 Å². The van der Waals surface area contributed by atoms with E-state index in [4.69, 9.17) is 4.74 Å². The number of nitrogens with zero attached hydrogens (tertiary/aromatic N) is 2. The normalized spacial score (nSPS) is 17.4. The molecule has 0 spiro atoms. The van der Waals surface area contributed by atoms with Crippen LogP contribution in [0.5, 0.6) is 0 Å². The van der Waals surface area contributed by atoms with Gasteiger partial charge in [0.2, 0.25) is 5.43 Å². The summed E-state index contributed by atoms with van der Waals surface area (Å²) in [5.74, 6) is -1.39. The van der Waals surface area contributed by atoms with Crippen molar-refractivity contribution in [2.45, 2.75) is 13.2 Å². The average molecular weight is 348 g/mol. The van der Waals surface area contributed by atoms with E-state index in [1.54, 1.807) is 0 Å². The third-order valence-electron chi connectivity index (χ3n) is 4.02. The first-order valence-corrected chi connectivity index (χ1v) is 7.56. The number of rotatable bonds is 4. The number of benzene rings is 1. The third-order valence-corrected chi connectivity index (χ3v) is 4.02. The van der Waals surface area contributed by atoms with E-state index < -0.39 is 28.1 Å². The molecular weight excluding hydrogens is 332 g/mol. The number of carboxylic acids is 1. The van der Waals surface area contributed by atoms with E-state index in [1.807, 2.05) is 0 Å². The molecule has 10 nitrogen and oxygen atoms in total. The Hall–Kier alpha value is -2.98. The minimum absolute atomic E-state index is 0.0477. The van der Waals surface area contributed by atoms with Crippen molar-refractivity contribution in [3.63, 3.8) is 0 Å². The van der Waals surface area contributed by atoms with Crippen LogP contribution < -0.4 is 16.2 Å². The van der Waals surface area contributed by atoms with Gasteiger partial charge in [0, 0.05) is 25.2 Å². The largest absolute Gasteiger partial charge is 0.477 e. The first-order chi connectivity index (χ1) is 11.9. The number of hydrogen-bond donors (Lipinski definition) is 3. The van der Waals surface area contributed by atoms with Crippen molar-refractivity contribution in [2.75, 3.05) is 25.1 Å². The summed E-state index contributed by atoms with van der Waals surface area (Å²) in [6, 6.07) is 3.76. The molecule has 1 aliphatic rings. The second kappa shape index (κ2) is 6.49. The molecule has 1 aromatic heterocycles. The first-order valence-electron chi connectivity index (χ1n) is 7.56. The predicted octanol–water partition coefficient (Wildman–Crippen LogP) is 0.406. The molecule has 25 heavy (non-hydrogen) atoms. The minimum atomic E-state index is -1.39. The Bertz CT molecular complexity index is 916. The lowest BCUT2D eigenvalue weighted by molar-refractivity contribution is -0.384. The highest BCUT2D eigenvalue weighted by atomic mass is 16.6. The van der Waals surface area contributed by atoms with Gasteiger partial charge in [0.15, 0.2) is 6.23 Å². The van der Waals surface area contributed by atoms with Gasteiger partial charge in [0.25, 0.3) is 5.69 Å². The molecule has 1 fully saturated rings. The van der Waals surface area contributed by atoms with Crippen LogP contribution >= 0.6 is 0 Å². The summed E-state index contributed by atoms with van der Waals surface area (Å²) in [4.78, 5) is 34.4. The van der Waals surface area contributed by atoms with Crippen LogP contribution in [0.3, 0.4) is 0 Å². The summed E-state index contributed by atoms with van der Waals surface area (Å²) in [7, 11) is 0. The van der Waals surface area contributed by atoms with Gasteiger partial charge in [-0.15, -0.1) is 0 Å². The number of nitrogens with one attached hydrogen (secondary N) is 2. The number of aromatic nitrogens is 1. The molecule has 2 heterocycles. The van der Waals surface area contributed by atoms with Crippen LogP contribution in [0.2, 0.25) is 0 Å². The van der Waals surface area contributed by atoms with E-state index >= 15 is 0 Å². The van der Waals surface area contributed by atoms with Crippen LogP contribution in [0.4, 0.5) is 5.69 Å². The zero-order valence-electron chi connectivity index (χ0n) is 13.3. The van der Waals surface area contributed by atoms with Gasteiger partial charge in [-0.05, 0) is 13.0 Å². The summed E-state index contributed by atoms with van der Waals surface area (Å²) >= 11 is 0. The van der Waals surface area contributed by atoms with Crippen molar-refractivity contribution >= 4 is 22.6 Å². The number of ether oxygens (including phenoxy) is 1. The fourth-order valence-electron chi connectivity index (χ4n) is 2.82. The summed E-state index contributed by atoms with van der Waals surface area (Å²) in [6.07, 6.45) is -0.435. The van der Waals surface area contributed by atoms with E-state index in [-0.39, 0.29) is 16.8 Å². The minimum Gasteiger partial charge on any atom is -0.477 e. The van der Waals surface area contributed by atoms with Crippen molar-refractivity contribution < 1.29 is 19.6 Å². The van der Waals surface area contributed by atoms with Crippen LogP contribution in [0, 0.1) is 17.0 Å². The highest BCUT2D eigenvalue weighted by Gasteiger charge is 2.23. The first kappa shape index (κ1) is 16.9. The molecular formula is C15H16N4O6. The molecule has 1 saturated heterocycles. The standard InChI is InChI=1S/C15H16N4O6/c1-8-13(15(21)22)14(20)10-6-9(19(23)24)2-3-11(10)18(8)17-12-7-16-4-5-25-12/h2-3,6,12,16-17H,4-5,7H2,1H3,(H,21,22). The molecule has 1 aliphatic heterocycles. The number of carbonyl (C=O) groups is 1. The van der Waals surface area contributed by atoms with Crippen molar-refractivity contribution in [1.82, 2.24) is 9.99 Å². The highest BCUT2D eigenvalue weighted by molar-refractivity contribution is 5.94. The number of fused-ring (bicyclic) bond motifs is 1. The van der Waals surface area contributed by atoms with Crippen LogP contribution in [-0.4, -0.2) is 46.6 Å². The maximum absolute atomic E-state index is 12.5. The van der Waals surface area contributed by atoms with Gasteiger partial charge in [-0.2, -0.15) is 0 Å². The molecule has 0 saturated carbocycles. The Morgan fingerprint density at radius 1 is 1.52 bits per heavy atom. The number of nitro benzene ring substituents is 1. The number of hydrogen-bond acceptors (Lipinski definition) is 7.